The van der Waals surface area contributed by atoms with Crippen LogP contribution in [-0.2, 0) is 13.2 Å². The summed E-state index contributed by atoms with van der Waals surface area (Å²) in [6.45, 7) is 0.992. The average molecular weight is 349 g/mol. The molecule has 23 heavy (non-hydrogen) atoms. The summed E-state index contributed by atoms with van der Waals surface area (Å²) in [6.07, 6.45) is 3.20. The maximum absolute atomic E-state index is 6.13. The lowest BCUT2D eigenvalue weighted by Gasteiger charge is -2.10. The number of nitrogens with one attached hydrogen (secondary N) is 1. The van der Waals surface area contributed by atoms with Gasteiger partial charge >= 0.3 is 0 Å². The normalized spacial score (nSPS) is 10.5. The average Bonchev–Trinajstić information content (AvgIpc) is 3.07. The van der Waals surface area contributed by atoms with Gasteiger partial charge in [-0.15, -0.1) is 10.2 Å². The Bertz CT molecular complexity index is 740. The molecule has 2 aromatic carbocycles. The van der Waals surface area contributed by atoms with E-state index in [-0.39, 0.29) is 0 Å². The van der Waals surface area contributed by atoms with Crippen LogP contribution < -0.4 is 10.2 Å². The SMILES string of the molecule is Clc1cccc(Cl)c1COc1ccc(CNn2cnnc2)cc1. The fourth-order valence-electron chi connectivity index (χ4n) is 1.99. The van der Waals surface area contributed by atoms with Gasteiger partial charge in [-0.1, -0.05) is 41.4 Å². The second-order valence-corrected chi connectivity index (χ2v) is 5.65. The number of hydrogen-bond acceptors (Lipinski definition) is 4. The van der Waals surface area contributed by atoms with Gasteiger partial charge in [0.15, 0.2) is 0 Å². The molecule has 1 aromatic heterocycles. The molecule has 7 heteroatoms. The van der Waals surface area contributed by atoms with Crippen molar-refractivity contribution in [1.29, 1.82) is 0 Å². The van der Waals surface area contributed by atoms with Crippen LogP contribution in [0.2, 0.25) is 10.0 Å². The van der Waals surface area contributed by atoms with Crippen molar-refractivity contribution in [2.45, 2.75) is 13.2 Å². The minimum Gasteiger partial charge on any atom is -0.489 e. The molecule has 0 amide bonds. The first-order valence-electron chi connectivity index (χ1n) is 6.95. The Hall–Kier alpha value is -2.24. The Balaban J connectivity index is 1.57. The van der Waals surface area contributed by atoms with E-state index < -0.39 is 0 Å². The van der Waals surface area contributed by atoms with Gasteiger partial charge in [-0.05, 0) is 29.8 Å². The number of halogens is 2. The molecule has 0 bridgehead atoms. The van der Waals surface area contributed by atoms with Crippen LogP contribution >= 0.6 is 23.2 Å². The summed E-state index contributed by atoms with van der Waals surface area (Å²) in [5, 5.41) is 8.66. The first-order valence-corrected chi connectivity index (χ1v) is 7.71. The van der Waals surface area contributed by atoms with Gasteiger partial charge in [-0.25, -0.2) is 4.68 Å². The summed E-state index contributed by atoms with van der Waals surface area (Å²) in [5.41, 5.74) is 5.05. The first kappa shape index (κ1) is 15.6. The highest BCUT2D eigenvalue weighted by Gasteiger charge is 2.06. The molecule has 0 aliphatic carbocycles. The predicted molar refractivity (Wildman–Crippen MR) is 90.3 cm³/mol. The third-order valence-electron chi connectivity index (χ3n) is 3.25. The molecule has 0 atom stereocenters. The van der Waals surface area contributed by atoms with Gasteiger partial charge in [0, 0.05) is 15.6 Å². The zero-order valence-electron chi connectivity index (χ0n) is 12.1. The molecule has 0 saturated carbocycles. The quantitative estimate of drug-likeness (QED) is 0.733. The molecule has 0 fully saturated rings. The van der Waals surface area contributed by atoms with Crippen molar-refractivity contribution in [3.63, 3.8) is 0 Å². The lowest BCUT2D eigenvalue weighted by molar-refractivity contribution is 0.306. The van der Waals surface area contributed by atoms with Crippen LogP contribution in [0.4, 0.5) is 0 Å². The monoisotopic (exact) mass is 348 g/mol. The maximum atomic E-state index is 6.13. The molecule has 0 radical (unpaired) electrons. The van der Waals surface area contributed by atoms with Gasteiger partial charge in [0.25, 0.3) is 0 Å². The van der Waals surface area contributed by atoms with Crippen molar-refractivity contribution in [3.8, 4) is 5.75 Å². The Morgan fingerprint density at radius 1 is 0.957 bits per heavy atom. The zero-order chi connectivity index (χ0) is 16.1. The molecule has 0 saturated heterocycles. The number of ether oxygens (including phenoxy) is 1. The van der Waals surface area contributed by atoms with Crippen molar-refractivity contribution >= 4 is 23.2 Å². The first-order chi connectivity index (χ1) is 11.2. The largest absolute Gasteiger partial charge is 0.489 e. The number of aromatic nitrogens is 3. The molecule has 3 aromatic rings. The van der Waals surface area contributed by atoms with Crippen LogP contribution in [0, 0.1) is 0 Å². The van der Waals surface area contributed by atoms with Crippen molar-refractivity contribution in [2.24, 2.45) is 0 Å². The summed E-state index contributed by atoms with van der Waals surface area (Å²) in [6, 6.07) is 13.2. The highest BCUT2D eigenvalue weighted by atomic mass is 35.5. The third-order valence-corrected chi connectivity index (χ3v) is 3.96. The van der Waals surface area contributed by atoms with E-state index in [9.17, 15) is 0 Å². The fourth-order valence-corrected chi connectivity index (χ4v) is 2.50. The van der Waals surface area contributed by atoms with E-state index in [0.717, 1.165) is 16.9 Å². The van der Waals surface area contributed by atoms with E-state index in [4.69, 9.17) is 27.9 Å². The number of benzene rings is 2. The maximum Gasteiger partial charge on any atom is 0.138 e. The molecule has 5 nitrogen and oxygen atoms in total. The van der Waals surface area contributed by atoms with E-state index in [1.165, 1.54) is 0 Å². The van der Waals surface area contributed by atoms with Crippen molar-refractivity contribution in [3.05, 3.63) is 76.3 Å². The van der Waals surface area contributed by atoms with Crippen molar-refractivity contribution in [1.82, 2.24) is 14.9 Å². The van der Waals surface area contributed by atoms with E-state index >= 15 is 0 Å². The molecule has 3 rings (SSSR count). The molecule has 0 aliphatic rings. The Morgan fingerprint density at radius 2 is 1.61 bits per heavy atom. The standard InChI is InChI=1S/C16H14Cl2N4O/c17-15-2-1-3-16(18)14(15)9-23-13-6-4-12(5-7-13)8-21-22-10-19-20-11-22/h1-7,10-11,21H,8-9H2. The molecule has 1 N–H and O–H groups in total. The third kappa shape index (κ3) is 4.15. The van der Waals surface area contributed by atoms with Crippen LogP contribution in [0.5, 0.6) is 5.75 Å². The topological polar surface area (TPSA) is 52.0 Å². The smallest absolute Gasteiger partial charge is 0.138 e. The number of hydrogen-bond donors (Lipinski definition) is 1. The van der Waals surface area contributed by atoms with Crippen LogP contribution in [0.15, 0.2) is 55.1 Å². The minimum absolute atomic E-state index is 0.330. The Morgan fingerprint density at radius 3 is 2.26 bits per heavy atom. The fraction of sp³-hybridized carbons (Fsp3) is 0.125. The predicted octanol–water partition coefficient (Wildman–Crippen LogP) is 3.91. The lowest BCUT2D eigenvalue weighted by atomic mass is 10.2. The van der Waals surface area contributed by atoms with Crippen LogP contribution in [0.1, 0.15) is 11.1 Å². The van der Waals surface area contributed by atoms with E-state index in [0.29, 0.717) is 23.2 Å². The molecule has 0 unspecified atom stereocenters. The highest BCUT2D eigenvalue weighted by molar-refractivity contribution is 6.35. The van der Waals surface area contributed by atoms with Gasteiger partial charge in [0.05, 0.1) is 6.54 Å². The zero-order valence-corrected chi connectivity index (χ0v) is 13.6. The van der Waals surface area contributed by atoms with E-state index in [1.54, 1.807) is 29.5 Å². The van der Waals surface area contributed by atoms with Crippen molar-refractivity contribution in [2.75, 3.05) is 5.43 Å². The highest BCUT2D eigenvalue weighted by Crippen LogP contribution is 2.25. The molecular formula is C16H14Cl2N4O. The van der Waals surface area contributed by atoms with E-state index in [1.807, 2.05) is 30.3 Å². The van der Waals surface area contributed by atoms with Crippen LogP contribution in [-0.4, -0.2) is 14.9 Å². The van der Waals surface area contributed by atoms with Gasteiger partial charge in [-0.3, -0.25) is 0 Å². The van der Waals surface area contributed by atoms with Gasteiger partial charge in [0.2, 0.25) is 0 Å². The molecule has 118 valence electrons. The summed E-state index contributed by atoms with van der Waals surface area (Å²) in [5.74, 6) is 0.758. The lowest BCUT2D eigenvalue weighted by Crippen LogP contribution is -2.11. The van der Waals surface area contributed by atoms with Crippen LogP contribution in [0.3, 0.4) is 0 Å². The van der Waals surface area contributed by atoms with Crippen molar-refractivity contribution < 1.29 is 4.74 Å². The molecule has 1 heterocycles. The second kappa shape index (κ2) is 7.35. The number of nitrogens with zero attached hydrogens (tertiary/aromatic N) is 3. The van der Waals surface area contributed by atoms with Gasteiger partial charge in [0.1, 0.15) is 25.0 Å². The minimum atomic E-state index is 0.330. The molecule has 0 spiro atoms. The second-order valence-electron chi connectivity index (χ2n) is 4.84. The summed E-state index contributed by atoms with van der Waals surface area (Å²) in [4.78, 5) is 0. The summed E-state index contributed by atoms with van der Waals surface area (Å²) in [7, 11) is 0. The summed E-state index contributed by atoms with van der Waals surface area (Å²) >= 11 is 12.3. The Kier molecular flexibility index (Phi) is 5.00. The Labute approximate surface area is 143 Å². The van der Waals surface area contributed by atoms with Gasteiger partial charge < -0.3 is 10.2 Å². The summed E-state index contributed by atoms with van der Waals surface area (Å²) < 4.78 is 7.44. The number of rotatable bonds is 6. The van der Waals surface area contributed by atoms with Gasteiger partial charge in [-0.2, -0.15) is 0 Å². The van der Waals surface area contributed by atoms with Crippen LogP contribution in [0.25, 0.3) is 0 Å². The molecular weight excluding hydrogens is 335 g/mol. The molecule has 0 aliphatic heterocycles. The van der Waals surface area contributed by atoms with E-state index in [2.05, 4.69) is 15.6 Å².